The Kier molecular flexibility index (Phi) is 6.51. The average Bonchev–Trinajstić information content (AvgIpc) is 3.44. The van der Waals surface area contributed by atoms with Gasteiger partial charge in [0.15, 0.2) is 0 Å². The van der Waals surface area contributed by atoms with Gasteiger partial charge < -0.3 is 19.3 Å². The summed E-state index contributed by atoms with van der Waals surface area (Å²) >= 11 is 0. The molecule has 1 amide bonds. The number of carbonyl (C=O) groups excluding carboxylic acids is 1. The number of para-hydroxylation sites is 3. The van der Waals surface area contributed by atoms with Crippen molar-refractivity contribution in [1.29, 1.82) is 0 Å². The number of nitrogens with zero attached hydrogens (tertiary/aromatic N) is 3. The zero-order valence-corrected chi connectivity index (χ0v) is 19.6. The molecule has 2 unspecified atom stereocenters. The Labute approximate surface area is 203 Å². The van der Waals surface area contributed by atoms with Crippen molar-refractivity contribution in [3.63, 3.8) is 0 Å². The van der Waals surface area contributed by atoms with Crippen molar-refractivity contribution < 1.29 is 19.0 Å². The fourth-order valence-corrected chi connectivity index (χ4v) is 4.66. The first-order chi connectivity index (χ1) is 17.0. The molecule has 180 valence electrons. The van der Waals surface area contributed by atoms with Crippen LogP contribution in [0.3, 0.4) is 0 Å². The number of carbonyl (C=O) groups is 1. The van der Waals surface area contributed by atoms with Crippen molar-refractivity contribution in [3.8, 4) is 5.75 Å². The summed E-state index contributed by atoms with van der Waals surface area (Å²) in [7, 11) is 0. The van der Waals surface area contributed by atoms with Gasteiger partial charge in [-0.25, -0.2) is 9.37 Å². The molecule has 1 fully saturated rings. The van der Waals surface area contributed by atoms with Crippen LogP contribution in [0.15, 0.2) is 72.8 Å². The molecule has 5 rings (SSSR count). The molecule has 0 spiro atoms. The second-order valence-corrected chi connectivity index (χ2v) is 8.89. The van der Waals surface area contributed by atoms with Gasteiger partial charge in [0, 0.05) is 18.9 Å². The molecular weight excluding hydrogens is 445 g/mol. The van der Waals surface area contributed by atoms with Gasteiger partial charge in [0.05, 0.1) is 23.3 Å². The summed E-state index contributed by atoms with van der Waals surface area (Å²) in [5.41, 5.74) is 3.18. The molecule has 1 N–H and O–H groups in total. The van der Waals surface area contributed by atoms with Crippen LogP contribution in [0, 0.1) is 5.82 Å². The van der Waals surface area contributed by atoms with Gasteiger partial charge in [-0.15, -0.1) is 0 Å². The van der Waals surface area contributed by atoms with Crippen LogP contribution >= 0.6 is 0 Å². The Hall–Kier alpha value is -3.71. The van der Waals surface area contributed by atoms with Crippen LogP contribution in [-0.2, 0) is 17.8 Å². The fourth-order valence-electron chi connectivity index (χ4n) is 4.66. The van der Waals surface area contributed by atoms with Crippen molar-refractivity contribution in [2.75, 3.05) is 18.1 Å². The molecule has 6 nitrogen and oxygen atoms in total. The van der Waals surface area contributed by atoms with Crippen LogP contribution in [-0.4, -0.2) is 39.8 Å². The fraction of sp³-hybridized carbons (Fsp3) is 0.286. The van der Waals surface area contributed by atoms with E-state index in [4.69, 9.17) is 9.72 Å². The minimum absolute atomic E-state index is 0.127. The molecule has 2 heterocycles. The summed E-state index contributed by atoms with van der Waals surface area (Å²) in [4.78, 5) is 19.1. The quantitative estimate of drug-likeness (QED) is 0.403. The molecule has 1 aliphatic rings. The predicted molar refractivity (Wildman–Crippen MR) is 133 cm³/mol. The van der Waals surface area contributed by atoms with Gasteiger partial charge in [0.1, 0.15) is 30.1 Å². The Bertz CT molecular complexity index is 1340. The van der Waals surface area contributed by atoms with Crippen LogP contribution in [0.5, 0.6) is 5.75 Å². The predicted octanol–water partition coefficient (Wildman–Crippen LogP) is 4.70. The maximum absolute atomic E-state index is 14.4. The van der Waals surface area contributed by atoms with Gasteiger partial charge in [-0.05, 0) is 48.4 Å². The number of ether oxygens (including phenoxy) is 1. The second kappa shape index (κ2) is 9.88. The highest BCUT2D eigenvalue weighted by molar-refractivity contribution is 5.96. The number of amides is 1. The number of rotatable bonds is 8. The van der Waals surface area contributed by atoms with Gasteiger partial charge in [0.2, 0.25) is 5.91 Å². The van der Waals surface area contributed by atoms with E-state index in [0.29, 0.717) is 18.1 Å². The number of aryl methyl sites for hydroxylation is 1. The number of aliphatic hydroxyl groups is 1. The standard InChI is InChI=1S/C28H28FN3O3/c1-2-19-11-13-22(14-12-19)35-18-21(33)17-32-26-10-6-4-8-24(26)30-28(32)20-15-27(34)31(16-20)25-9-5-3-7-23(25)29/h3-14,20-21,33H,2,15-18H2,1H3. The van der Waals surface area contributed by atoms with Crippen molar-refractivity contribution >= 4 is 22.6 Å². The first kappa shape index (κ1) is 23.1. The number of benzene rings is 3. The SMILES string of the molecule is CCc1ccc(OCC(O)Cn2c(C3CC(=O)N(c4ccccc4F)C3)nc3ccccc32)cc1. The van der Waals surface area contributed by atoms with Crippen LogP contribution in [0.2, 0.25) is 0 Å². The van der Waals surface area contributed by atoms with Gasteiger partial charge >= 0.3 is 0 Å². The van der Waals surface area contributed by atoms with E-state index in [1.165, 1.54) is 16.5 Å². The molecule has 35 heavy (non-hydrogen) atoms. The number of fused-ring (bicyclic) bond motifs is 1. The average molecular weight is 474 g/mol. The summed E-state index contributed by atoms with van der Waals surface area (Å²) < 4.78 is 22.1. The van der Waals surface area contributed by atoms with Gasteiger partial charge in [-0.1, -0.05) is 43.3 Å². The molecule has 0 saturated carbocycles. The van der Waals surface area contributed by atoms with Crippen LogP contribution in [0.1, 0.15) is 30.7 Å². The van der Waals surface area contributed by atoms with E-state index in [0.717, 1.165) is 17.5 Å². The maximum atomic E-state index is 14.4. The van der Waals surface area contributed by atoms with E-state index in [-0.39, 0.29) is 37.1 Å². The van der Waals surface area contributed by atoms with E-state index in [2.05, 4.69) is 6.92 Å². The molecule has 1 saturated heterocycles. The Balaban J connectivity index is 1.36. The second-order valence-electron chi connectivity index (χ2n) is 8.89. The van der Waals surface area contributed by atoms with Crippen molar-refractivity contribution in [2.24, 2.45) is 0 Å². The summed E-state index contributed by atoms with van der Waals surface area (Å²) in [6, 6.07) is 21.9. The van der Waals surface area contributed by atoms with E-state index < -0.39 is 11.9 Å². The lowest BCUT2D eigenvalue weighted by Crippen LogP contribution is -2.27. The molecule has 1 aliphatic heterocycles. The molecule has 2 atom stereocenters. The molecule has 0 bridgehead atoms. The topological polar surface area (TPSA) is 67.6 Å². The Morgan fingerprint density at radius 3 is 2.60 bits per heavy atom. The minimum Gasteiger partial charge on any atom is -0.491 e. The number of aromatic nitrogens is 2. The Morgan fingerprint density at radius 2 is 1.83 bits per heavy atom. The lowest BCUT2D eigenvalue weighted by molar-refractivity contribution is -0.117. The smallest absolute Gasteiger partial charge is 0.227 e. The molecule has 0 radical (unpaired) electrons. The van der Waals surface area contributed by atoms with E-state index in [9.17, 15) is 14.3 Å². The van der Waals surface area contributed by atoms with E-state index in [1.54, 1.807) is 18.2 Å². The zero-order chi connectivity index (χ0) is 24.4. The largest absolute Gasteiger partial charge is 0.491 e. The first-order valence-corrected chi connectivity index (χ1v) is 11.9. The number of anilines is 1. The number of hydrogen-bond donors (Lipinski definition) is 1. The molecular formula is C28H28FN3O3. The third-order valence-corrected chi connectivity index (χ3v) is 6.48. The summed E-state index contributed by atoms with van der Waals surface area (Å²) in [6.07, 6.45) is 0.405. The molecule has 0 aliphatic carbocycles. The first-order valence-electron chi connectivity index (χ1n) is 11.9. The van der Waals surface area contributed by atoms with E-state index in [1.807, 2.05) is 53.1 Å². The number of imidazole rings is 1. The lowest BCUT2D eigenvalue weighted by atomic mass is 10.1. The van der Waals surface area contributed by atoms with E-state index >= 15 is 0 Å². The monoisotopic (exact) mass is 473 g/mol. The molecule has 4 aromatic rings. The highest BCUT2D eigenvalue weighted by Crippen LogP contribution is 2.34. The summed E-state index contributed by atoms with van der Waals surface area (Å²) in [5.74, 6) is 0.639. The number of halogens is 1. The van der Waals surface area contributed by atoms with Crippen molar-refractivity contribution in [3.05, 3.63) is 90.0 Å². The lowest BCUT2D eigenvalue weighted by Gasteiger charge is -2.19. The van der Waals surface area contributed by atoms with Gasteiger partial charge in [-0.3, -0.25) is 4.79 Å². The third kappa shape index (κ3) is 4.77. The number of hydrogen-bond acceptors (Lipinski definition) is 4. The maximum Gasteiger partial charge on any atom is 0.227 e. The van der Waals surface area contributed by atoms with Crippen molar-refractivity contribution in [1.82, 2.24) is 9.55 Å². The normalized spacial score (nSPS) is 16.7. The summed E-state index contributed by atoms with van der Waals surface area (Å²) in [5, 5.41) is 10.8. The highest BCUT2D eigenvalue weighted by Gasteiger charge is 2.36. The summed E-state index contributed by atoms with van der Waals surface area (Å²) in [6.45, 7) is 2.83. The van der Waals surface area contributed by atoms with Gasteiger partial charge in [0.25, 0.3) is 0 Å². The molecule has 3 aromatic carbocycles. The van der Waals surface area contributed by atoms with Crippen LogP contribution in [0.25, 0.3) is 11.0 Å². The third-order valence-electron chi connectivity index (χ3n) is 6.48. The molecule has 7 heteroatoms. The van der Waals surface area contributed by atoms with Crippen LogP contribution in [0.4, 0.5) is 10.1 Å². The van der Waals surface area contributed by atoms with Crippen LogP contribution < -0.4 is 9.64 Å². The zero-order valence-electron chi connectivity index (χ0n) is 19.6. The van der Waals surface area contributed by atoms with Crippen molar-refractivity contribution in [2.45, 2.75) is 38.3 Å². The minimum atomic E-state index is -0.781. The number of aliphatic hydroxyl groups excluding tert-OH is 1. The Morgan fingerprint density at radius 1 is 1.09 bits per heavy atom. The van der Waals surface area contributed by atoms with Gasteiger partial charge in [-0.2, -0.15) is 0 Å². The highest BCUT2D eigenvalue weighted by atomic mass is 19.1. The molecule has 1 aromatic heterocycles.